The average molecular weight is 665 g/mol. The smallest absolute Gasteiger partial charge is 0.282 e. The summed E-state index contributed by atoms with van der Waals surface area (Å²) >= 11 is 0. The van der Waals surface area contributed by atoms with E-state index in [2.05, 4.69) is 0 Å². The molecule has 0 heterocycles. The zero-order valence-electron chi connectivity index (χ0n) is 18.4. The molecule has 0 saturated heterocycles. The summed E-state index contributed by atoms with van der Waals surface area (Å²) < 4.78 is 188. The van der Waals surface area contributed by atoms with E-state index in [1.54, 1.807) is 0 Å². The van der Waals surface area contributed by atoms with Gasteiger partial charge in [0.05, 0.1) is 21.2 Å². The molecule has 0 atom stereocenters. The van der Waals surface area contributed by atoms with Crippen molar-refractivity contribution in [3.63, 3.8) is 0 Å². The Hall–Kier alpha value is -3.32. The van der Waals surface area contributed by atoms with E-state index in [4.69, 9.17) is 9.11 Å². The lowest BCUT2D eigenvalue weighted by atomic mass is 10.3. The van der Waals surface area contributed by atoms with E-state index in [-0.39, 0.29) is 48.5 Å². The molecule has 2 aromatic rings. The van der Waals surface area contributed by atoms with Crippen molar-refractivity contribution in [2.75, 3.05) is 8.61 Å². The summed E-state index contributed by atoms with van der Waals surface area (Å²) in [6.45, 7) is 0. The van der Waals surface area contributed by atoms with Crippen molar-refractivity contribution in [3.05, 3.63) is 48.5 Å². The van der Waals surface area contributed by atoms with Crippen molar-refractivity contribution in [1.82, 2.24) is 0 Å². The number of hydrogen-bond acceptors (Lipinski definition) is 10. The first-order valence-corrected chi connectivity index (χ1v) is 15.0. The quantitative estimate of drug-likeness (QED) is 0.253. The summed E-state index contributed by atoms with van der Waals surface area (Å²) in [4.78, 5) is 23.3. The molecule has 14 nitrogen and oxygen atoms in total. The second-order valence-corrected chi connectivity index (χ2v) is 13.4. The Morgan fingerprint density at radius 1 is 0.525 bits per heavy atom. The number of amides is 2. The molecule has 0 aliphatic heterocycles. The maximum atomic E-state index is 13.3. The van der Waals surface area contributed by atoms with E-state index in [0.29, 0.717) is 0 Å². The normalized spacial score (nSPS) is 13.5. The molecule has 0 saturated carbocycles. The van der Waals surface area contributed by atoms with Gasteiger partial charge in [-0.15, -0.1) is 0 Å². The summed E-state index contributed by atoms with van der Waals surface area (Å²) in [5.41, 5.74) is -16.0. The lowest BCUT2D eigenvalue weighted by Gasteiger charge is -2.27. The number of carbonyl (C=O) groups excluding carboxylic acids is 2. The number of alkyl halides is 6. The van der Waals surface area contributed by atoms with Crippen LogP contribution in [0.3, 0.4) is 0 Å². The predicted octanol–water partition coefficient (Wildman–Crippen LogP) is 1.25. The minimum absolute atomic E-state index is 0.0983. The standard InChI is InChI=1S/C16H10F6N2O12S4/c17-15(18,19)39(33,34)23(9-1-5-11(6-2-9)37(27,28)29)13(25)14(26)24(40(35,36)16(20,21)22)10-3-7-12(8-4-10)38(30,31)32/h1-8H,(H,27,28,29)(H,30,31,32). The largest absolute Gasteiger partial charge is 0.517 e. The number of halogens is 6. The van der Waals surface area contributed by atoms with Gasteiger partial charge >= 0.3 is 42.9 Å². The summed E-state index contributed by atoms with van der Waals surface area (Å²) in [6.07, 6.45) is 0. The Balaban J connectivity index is 2.84. The second kappa shape index (κ2) is 10.3. The van der Waals surface area contributed by atoms with Crippen LogP contribution in [0.25, 0.3) is 0 Å². The fourth-order valence-corrected chi connectivity index (χ4v) is 5.38. The molecule has 0 spiro atoms. The van der Waals surface area contributed by atoms with Gasteiger partial charge in [-0.3, -0.25) is 18.7 Å². The third kappa shape index (κ3) is 6.35. The molecule has 2 amide bonds. The molecule has 2 aromatic carbocycles. The van der Waals surface area contributed by atoms with Crippen LogP contribution in [0.5, 0.6) is 0 Å². The van der Waals surface area contributed by atoms with Crippen molar-refractivity contribution in [2.24, 2.45) is 0 Å². The summed E-state index contributed by atoms with van der Waals surface area (Å²) in [7, 11) is -24.3. The van der Waals surface area contributed by atoms with Gasteiger partial charge in [0.2, 0.25) is 0 Å². The second-order valence-electron chi connectivity index (χ2n) is 6.98. The molecule has 24 heteroatoms. The highest BCUT2D eigenvalue weighted by Gasteiger charge is 2.58. The Labute approximate surface area is 220 Å². The Bertz CT molecular complexity index is 1630. The van der Waals surface area contributed by atoms with Gasteiger partial charge in [-0.2, -0.15) is 68.6 Å². The van der Waals surface area contributed by atoms with Crippen LogP contribution in [-0.2, 0) is 49.9 Å². The fraction of sp³-hybridized carbons (Fsp3) is 0.125. The maximum Gasteiger partial charge on any atom is 0.517 e. The minimum Gasteiger partial charge on any atom is -0.282 e. The monoisotopic (exact) mass is 664 g/mol. The fourth-order valence-electron chi connectivity index (χ4n) is 2.62. The highest BCUT2D eigenvalue weighted by molar-refractivity contribution is 7.95. The van der Waals surface area contributed by atoms with Crippen molar-refractivity contribution in [3.8, 4) is 0 Å². The average Bonchev–Trinajstić information content (AvgIpc) is 2.77. The molecular weight excluding hydrogens is 654 g/mol. The number of sulfonamides is 2. The van der Waals surface area contributed by atoms with Crippen LogP contribution in [0.2, 0.25) is 0 Å². The third-order valence-electron chi connectivity index (χ3n) is 4.36. The SMILES string of the molecule is O=C(C(=O)N(c1ccc(S(=O)(=O)O)cc1)S(=O)(=O)C(F)(F)F)N(c1ccc(S(=O)(=O)O)cc1)S(=O)(=O)C(F)(F)F. The Kier molecular flexibility index (Phi) is 8.43. The number of anilines is 2. The van der Waals surface area contributed by atoms with E-state index in [1.165, 1.54) is 0 Å². The Morgan fingerprint density at radius 2 is 0.750 bits per heavy atom. The van der Waals surface area contributed by atoms with Gasteiger partial charge in [0.25, 0.3) is 20.2 Å². The van der Waals surface area contributed by atoms with Crippen LogP contribution < -0.4 is 8.61 Å². The van der Waals surface area contributed by atoms with Crippen molar-refractivity contribution in [2.45, 2.75) is 20.8 Å². The molecule has 222 valence electrons. The van der Waals surface area contributed by atoms with Gasteiger partial charge in [0, 0.05) is 0 Å². The summed E-state index contributed by atoms with van der Waals surface area (Å²) in [5.74, 6) is -6.19. The molecule has 0 aliphatic carbocycles. The lowest BCUT2D eigenvalue weighted by molar-refractivity contribution is -0.135. The van der Waals surface area contributed by atoms with Gasteiger partial charge in [0.15, 0.2) is 0 Å². The first-order valence-electron chi connectivity index (χ1n) is 9.21. The summed E-state index contributed by atoms with van der Waals surface area (Å²) in [5, 5.41) is 0. The molecule has 0 unspecified atom stereocenters. The van der Waals surface area contributed by atoms with E-state index in [9.17, 15) is 69.6 Å². The van der Waals surface area contributed by atoms with Crippen LogP contribution in [0, 0.1) is 0 Å². The topological polar surface area (TPSA) is 218 Å². The number of nitrogens with zero attached hydrogens (tertiary/aromatic N) is 2. The van der Waals surface area contributed by atoms with Crippen molar-refractivity contribution in [1.29, 1.82) is 0 Å². The van der Waals surface area contributed by atoms with Gasteiger partial charge < -0.3 is 0 Å². The third-order valence-corrected chi connectivity index (χ3v) is 8.98. The van der Waals surface area contributed by atoms with Gasteiger partial charge in [0.1, 0.15) is 0 Å². The lowest BCUT2D eigenvalue weighted by Crippen LogP contribution is -2.54. The minimum atomic E-state index is -7.07. The van der Waals surface area contributed by atoms with E-state index in [0.717, 1.165) is 0 Å². The number of benzene rings is 2. The number of rotatable bonds is 6. The summed E-state index contributed by atoms with van der Waals surface area (Å²) in [6, 6.07) is 1.28. The first kappa shape index (κ1) is 32.9. The zero-order valence-corrected chi connectivity index (χ0v) is 21.7. The first-order chi connectivity index (χ1) is 17.7. The highest BCUT2D eigenvalue weighted by atomic mass is 32.2. The molecule has 0 aromatic heterocycles. The molecule has 0 bridgehead atoms. The molecule has 40 heavy (non-hydrogen) atoms. The van der Waals surface area contributed by atoms with Crippen LogP contribution in [0.1, 0.15) is 0 Å². The maximum absolute atomic E-state index is 13.3. The molecule has 0 radical (unpaired) electrons. The molecule has 0 fully saturated rings. The van der Waals surface area contributed by atoms with E-state index >= 15 is 0 Å². The molecule has 0 aliphatic rings. The Morgan fingerprint density at radius 3 is 0.925 bits per heavy atom. The highest BCUT2D eigenvalue weighted by Crippen LogP contribution is 2.35. The van der Waals surface area contributed by atoms with Crippen LogP contribution in [0.15, 0.2) is 58.3 Å². The zero-order chi connectivity index (χ0) is 31.3. The van der Waals surface area contributed by atoms with Crippen molar-refractivity contribution < 1.29 is 78.7 Å². The van der Waals surface area contributed by atoms with Crippen LogP contribution >= 0.6 is 0 Å². The molecule has 2 rings (SSSR count). The van der Waals surface area contributed by atoms with Gasteiger partial charge in [-0.1, -0.05) is 0 Å². The van der Waals surface area contributed by atoms with E-state index in [1.807, 2.05) is 0 Å². The van der Waals surface area contributed by atoms with Crippen LogP contribution in [-0.4, -0.2) is 65.6 Å². The molecular formula is C16H10F6N2O12S4. The van der Waals surface area contributed by atoms with E-state index < -0.39 is 92.9 Å². The number of hydrogen-bond donors (Lipinski definition) is 2. The van der Waals surface area contributed by atoms with Crippen LogP contribution in [0.4, 0.5) is 37.7 Å². The number of carbonyl (C=O) groups is 2. The molecule has 2 N–H and O–H groups in total. The van der Waals surface area contributed by atoms with Gasteiger partial charge in [-0.05, 0) is 48.5 Å². The predicted molar refractivity (Wildman–Crippen MR) is 117 cm³/mol. The van der Waals surface area contributed by atoms with Gasteiger partial charge in [-0.25, -0.2) is 0 Å². The van der Waals surface area contributed by atoms with Crippen molar-refractivity contribution >= 4 is 63.5 Å².